The lowest BCUT2D eigenvalue weighted by Gasteiger charge is -2.14. The van der Waals surface area contributed by atoms with Crippen LogP contribution in [-0.2, 0) is 0 Å². The monoisotopic (exact) mass is 264 g/mol. The molecule has 0 fully saturated rings. The highest BCUT2D eigenvalue weighted by Crippen LogP contribution is 2.40. The van der Waals surface area contributed by atoms with E-state index in [1.54, 1.807) is 0 Å². The molecule has 0 nitrogen and oxygen atoms in total. The third-order valence-corrected chi connectivity index (χ3v) is 3.50. The minimum Gasteiger partial charge on any atom is -0.0616 e. The Bertz CT molecular complexity index is 1560. The van der Waals surface area contributed by atoms with Crippen molar-refractivity contribution in [2.75, 3.05) is 0 Å². The number of hydrogen-bond donors (Lipinski definition) is 0. The van der Waals surface area contributed by atoms with E-state index < -0.39 is 72.5 Å². The maximum Gasteiger partial charge on any atom is 0.0629 e. The van der Waals surface area contributed by atoms with Crippen molar-refractivity contribution in [1.82, 2.24) is 0 Å². The second-order valence-corrected chi connectivity index (χ2v) is 4.50. The standard InChI is InChI=1S/C20H12/c1-2-8-16-15(7-1)17-9-3-5-13-11-12-14-6-4-10-18(16)20(14)19(13)17/h1-12H/i1D,2D,3D,4D,5D,6D,7D,8D,9D,10D,11D,12D. The first kappa shape index (κ1) is 4.20. The SMILES string of the molecule is [2H]c1c([2H])c([2H])c2c(c1[2H])c1c([2H])c([2H])c([2H])c3c([2H])c([2H])c4c([2H])c([2H])c([2H])c2c4c31. The van der Waals surface area contributed by atoms with Crippen molar-refractivity contribution in [3.63, 3.8) is 0 Å². The molecule has 0 saturated carbocycles. The van der Waals surface area contributed by atoms with E-state index in [0.717, 1.165) is 0 Å². The largest absolute Gasteiger partial charge is 0.0629 e. The Morgan fingerprint density at radius 3 is 1.40 bits per heavy atom. The Hall–Kier alpha value is -2.60. The van der Waals surface area contributed by atoms with E-state index in [0.29, 0.717) is 0 Å². The highest BCUT2D eigenvalue weighted by molar-refractivity contribution is 6.33. The van der Waals surface area contributed by atoms with Gasteiger partial charge in [0.25, 0.3) is 0 Å². The molecule has 0 aliphatic heterocycles. The number of rotatable bonds is 0. The molecule has 0 atom stereocenters. The van der Waals surface area contributed by atoms with E-state index >= 15 is 0 Å². The summed E-state index contributed by atoms with van der Waals surface area (Å²) in [6.07, 6.45) is 0. The zero-order valence-electron chi connectivity index (χ0n) is 22.0. The van der Waals surface area contributed by atoms with Gasteiger partial charge in [0, 0.05) is 0 Å². The van der Waals surface area contributed by atoms with E-state index in [1.807, 2.05) is 0 Å². The molecule has 0 radical (unpaired) electrons. The molecular formula is C20H12. The van der Waals surface area contributed by atoms with Crippen LogP contribution in [0.4, 0.5) is 0 Å². The minimum atomic E-state index is -0.583. The van der Waals surface area contributed by atoms with Crippen LogP contribution in [-0.4, -0.2) is 0 Å². The number of benzene rings is 5. The molecule has 20 heavy (non-hydrogen) atoms. The molecule has 5 aromatic rings. The third kappa shape index (κ3) is 1.12. The molecule has 0 aromatic heterocycles. The molecular weight excluding hydrogens is 240 g/mol. The lowest BCUT2D eigenvalue weighted by Crippen LogP contribution is -1.86. The first-order valence-corrected chi connectivity index (χ1v) is 6.00. The van der Waals surface area contributed by atoms with Gasteiger partial charge in [-0.3, -0.25) is 0 Å². The van der Waals surface area contributed by atoms with Gasteiger partial charge in [-0.05, 0) is 43.1 Å². The predicted molar refractivity (Wildman–Crippen MR) is 87.7 cm³/mol. The molecule has 92 valence electrons. The van der Waals surface area contributed by atoms with Gasteiger partial charge in [-0.25, -0.2) is 0 Å². The van der Waals surface area contributed by atoms with Crippen LogP contribution < -0.4 is 0 Å². The minimum absolute atomic E-state index is 0.0292. The topological polar surface area (TPSA) is 0 Å². The van der Waals surface area contributed by atoms with Crippen molar-refractivity contribution < 1.29 is 16.4 Å². The van der Waals surface area contributed by atoms with Gasteiger partial charge >= 0.3 is 0 Å². The molecule has 0 N–H and O–H groups in total. The van der Waals surface area contributed by atoms with E-state index in [2.05, 4.69) is 0 Å². The fourth-order valence-corrected chi connectivity index (χ4v) is 2.69. The van der Waals surface area contributed by atoms with Crippen LogP contribution in [0.2, 0.25) is 0 Å². The zero-order valence-corrected chi connectivity index (χ0v) is 10.0. The van der Waals surface area contributed by atoms with Gasteiger partial charge in [0.1, 0.15) is 0 Å². The van der Waals surface area contributed by atoms with Gasteiger partial charge in [0.15, 0.2) is 0 Å². The Morgan fingerprint density at radius 1 is 0.450 bits per heavy atom. The summed E-state index contributed by atoms with van der Waals surface area (Å²) in [5.41, 5.74) is 0. The van der Waals surface area contributed by atoms with Crippen LogP contribution in [0.5, 0.6) is 0 Å². The fraction of sp³-hybridized carbons (Fsp3) is 0. The Balaban J connectivity index is 2.45. The smallest absolute Gasteiger partial charge is 0.0616 e. The van der Waals surface area contributed by atoms with Crippen molar-refractivity contribution in [3.8, 4) is 0 Å². The lowest BCUT2D eigenvalue weighted by molar-refractivity contribution is 1.78. The summed E-state index contributed by atoms with van der Waals surface area (Å²) in [7, 11) is 0. The highest BCUT2D eigenvalue weighted by Gasteiger charge is 2.11. The average molecular weight is 264 g/mol. The van der Waals surface area contributed by atoms with Crippen molar-refractivity contribution in [3.05, 3.63) is 72.5 Å². The van der Waals surface area contributed by atoms with Gasteiger partial charge in [0.05, 0.1) is 16.4 Å². The lowest BCUT2D eigenvalue weighted by atomic mass is 9.89. The molecule has 0 aliphatic rings. The molecule has 0 aliphatic carbocycles. The maximum absolute atomic E-state index is 8.52. The predicted octanol–water partition coefficient (Wildman–Crippen LogP) is 5.74. The van der Waals surface area contributed by atoms with Gasteiger partial charge < -0.3 is 0 Å². The second kappa shape index (κ2) is 3.49. The molecule has 0 unspecified atom stereocenters. The number of fused-ring (bicyclic) bond motifs is 3. The zero-order chi connectivity index (χ0) is 23.5. The van der Waals surface area contributed by atoms with Crippen LogP contribution in [0.3, 0.4) is 0 Å². The molecule has 0 heteroatoms. The summed E-state index contributed by atoms with van der Waals surface area (Å²) >= 11 is 0. The summed E-state index contributed by atoms with van der Waals surface area (Å²) in [5.74, 6) is 0. The van der Waals surface area contributed by atoms with Crippen molar-refractivity contribution >= 4 is 43.1 Å². The molecule has 5 rings (SSSR count). The molecule has 0 amide bonds. The summed E-state index contributed by atoms with van der Waals surface area (Å²) in [5, 5.41) is -0.727. The van der Waals surface area contributed by atoms with E-state index in [-0.39, 0.29) is 43.1 Å². The molecule has 5 aromatic carbocycles. The molecule has 0 saturated heterocycles. The van der Waals surface area contributed by atoms with Crippen molar-refractivity contribution in [2.24, 2.45) is 0 Å². The highest BCUT2D eigenvalue weighted by atomic mass is 14.1. The van der Waals surface area contributed by atoms with Gasteiger partial charge in [0.2, 0.25) is 0 Å². The van der Waals surface area contributed by atoms with Gasteiger partial charge in [-0.15, -0.1) is 0 Å². The average Bonchev–Trinajstić information content (AvgIpc) is 2.76. The van der Waals surface area contributed by atoms with Crippen molar-refractivity contribution in [2.45, 2.75) is 0 Å². The first-order valence-electron chi connectivity index (χ1n) is 12.0. The van der Waals surface area contributed by atoms with E-state index in [4.69, 9.17) is 16.4 Å². The maximum atomic E-state index is 8.52. The third-order valence-electron chi connectivity index (χ3n) is 3.50. The normalized spacial score (nSPS) is 20.4. The summed E-state index contributed by atoms with van der Waals surface area (Å²) in [6.45, 7) is 0. The van der Waals surface area contributed by atoms with Crippen LogP contribution in [0, 0.1) is 0 Å². The Morgan fingerprint density at radius 2 is 0.900 bits per heavy atom. The Kier molecular flexibility index (Phi) is 0.731. The van der Waals surface area contributed by atoms with Crippen LogP contribution in [0.25, 0.3) is 43.1 Å². The van der Waals surface area contributed by atoms with E-state index in [9.17, 15) is 0 Å². The Labute approximate surface area is 133 Å². The fourth-order valence-electron chi connectivity index (χ4n) is 2.69. The van der Waals surface area contributed by atoms with Crippen LogP contribution in [0.15, 0.2) is 72.5 Å². The van der Waals surface area contributed by atoms with Crippen LogP contribution >= 0.6 is 0 Å². The van der Waals surface area contributed by atoms with Crippen LogP contribution in [0.1, 0.15) is 16.4 Å². The van der Waals surface area contributed by atoms with E-state index in [1.165, 1.54) is 0 Å². The van der Waals surface area contributed by atoms with Gasteiger partial charge in [-0.2, -0.15) is 0 Å². The second-order valence-electron chi connectivity index (χ2n) is 4.50. The molecule has 0 heterocycles. The summed E-state index contributed by atoms with van der Waals surface area (Å²) in [4.78, 5) is 0. The molecule has 0 spiro atoms. The van der Waals surface area contributed by atoms with Gasteiger partial charge in [-0.1, -0.05) is 72.5 Å². The summed E-state index contributed by atoms with van der Waals surface area (Å²) in [6, 6.07) is -6.19. The molecule has 0 bridgehead atoms. The van der Waals surface area contributed by atoms with Crippen molar-refractivity contribution in [1.29, 1.82) is 0 Å². The first-order chi connectivity index (χ1) is 14.9. The number of hydrogen-bond acceptors (Lipinski definition) is 0. The summed E-state index contributed by atoms with van der Waals surface area (Å²) < 4.78 is 100. The quantitative estimate of drug-likeness (QED) is 0.247.